The Morgan fingerprint density at radius 2 is 1.81 bits per heavy atom. The van der Waals surface area contributed by atoms with E-state index < -0.39 is 24.5 Å². The van der Waals surface area contributed by atoms with E-state index in [4.69, 9.17) is 28.7 Å². The zero-order chi connectivity index (χ0) is 30.3. The van der Waals surface area contributed by atoms with Crippen LogP contribution in [0, 0.1) is 0 Å². The van der Waals surface area contributed by atoms with Gasteiger partial charge in [0.05, 0.1) is 24.0 Å². The highest BCUT2D eigenvalue weighted by Gasteiger charge is 2.51. The van der Waals surface area contributed by atoms with E-state index in [-0.39, 0.29) is 6.04 Å². The maximum absolute atomic E-state index is 11.6. The van der Waals surface area contributed by atoms with E-state index in [9.17, 15) is 9.59 Å². The Kier molecular flexibility index (Phi) is 9.49. The molecule has 0 aromatic carbocycles. The van der Waals surface area contributed by atoms with Gasteiger partial charge in [-0.1, -0.05) is 32.3 Å². The standard InChI is InChI=1S/C28H37N9O6/c1-5-8-18-11-20(43-35-18)22-23(40-15-38)24(41-16-39)27(42-22)37-14-31-21-25(32-17(6-2)7-3)33-28(34-26(21)37)29-10-9-19-12-36(4)13-30-19/h11-17,22-24,27H,5-10H2,1-4H3,(H2,29,32,33,34)/t22-,23-,24-,27-/m1/s1. The average Bonchev–Trinajstić information content (AvgIpc) is 3.80. The molecule has 43 heavy (non-hydrogen) atoms. The minimum atomic E-state index is -1.03. The molecular weight excluding hydrogens is 558 g/mol. The van der Waals surface area contributed by atoms with E-state index in [1.165, 1.54) is 0 Å². The van der Waals surface area contributed by atoms with E-state index in [0.29, 0.717) is 61.0 Å². The van der Waals surface area contributed by atoms with Crippen LogP contribution < -0.4 is 10.6 Å². The molecule has 1 aliphatic rings. The van der Waals surface area contributed by atoms with Crippen LogP contribution in [0.5, 0.6) is 0 Å². The van der Waals surface area contributed by atoms with Crippen molar-refractivity contribution in [3.05, 3.63) is 42.1 Å². The molecule has 0 bridgehead atoms. The van der Waals surface area contributed by atoms with Gasteiger partial charge in [-0.05, 0) is 19.3 Å². The van der Waals surface area contributed by atoms with Gasteiger partial charge in [0.25, 0.3) is 12.9 Å². The first-order valence-electron chi connectivity index (χ1n) is 14.5. The molecule has 15 nitrogen and oxygen atoms in total. The second-order valence-electron chi connectivity index (χ2n) is 10.4. The number of nitrogens with zero attached hydrogens (tertiary/aromatic N) is 7. The molecule has 0 saturated carbocycles. The lowest BCUT2D eigenvalue weighted by Gasteiger charge is -2.21. The molecule has 1 fully saturated rings. The number of ether oxygens (including phenoxy) is 3. The highest BCUT2D eigenvalue weighted by atomic mass is 16.6. The number of anilines is 2. The van der Waals surface area contributed by atoms with Crippen LogP contribution in [0.15, 0.2) is 29.4 Å². The van der Waals surface area contributed by atoms with Gasteiger partial charge in [0.1, 0.15) is 0 Å². The maximum atomic E-state index is 11.6. The zero-order valence-corrected chi connectivity index (χ0v) is 24.7. The summed E-state index contributed by atoms with van der Waals surface area (Å²) in [7, 11) is 1.92. The summed E-state index contributed by atoms with van der Waals surface area (Å²) in [6, 6.07) is 1.92. The summed E-state index contributed by atoms with van der Waals surface area (Å²) in [5.74, 6) is 1.28. The van der Waals surface area contributed by atoms with Gasteiger partial charge in [-0.2, -0.15) is 9.97 Å². The topological polar surface area (TPSA) is 173 Å². The van der Waals surface area contributed by atoms with Crippen molar-refractivity contribution in [3.8, 4) is 0 Å². The van der Waals surface area contributed by atoms with Gasteiger partial charge in [-0.3, -0.25) is 14.2 Å². The summed E-state index contributed by atoms with van der Waals surface area (Å²) in [5, 5.41) is 10.9. The summed E-state index contributed by atoms with van der Waals surface area (Å²) >= 11 is 0. The Morgan fingerprint density at radius 3 is 2.51 bits per heavy atom. The van der Waals surface area contributed by atoms with Crippen molar-refractivity contribution in [2.24, 2.45) is 7.05 Å². The Balaban J connectivity index is 1.51. The number of carbonyl (C=O) groups is 2. The molecule has 4 aromatic rings. The molecule has 2 N–H and O–H groups in total. The van der Waals surface area contributed by atoms with Gasteiger partial charge < -0.3 is 33.9 Å². The average molecular weight is 596 g/mol. The number of nitrogens with one attached hydrogen (secondary N) is 2. The molecule has 5 heterocycles. The minimum Gasteiger partial charge on any atom is -0.457 e. The van der Waals surface area contributed by atoms with E-state index >= 15 is 0 Å². The van der Waals surface area contributed by atoms with Crippen LogP contribution >= 0.6 is 0 Å². The minimum absolute atomic E-state index is 0.164. The third kappa shape index (κ3) is 6.45. The lowest BCUT2D eigenvalue weighted by Crippen LogP contribution is -2.34. The monoisotopic (exact) mass is 595 g/mol. The molecule has 0 unspecified atom stereocenters. The van der Waals surface area contributed by atoms with Crippen molar-refractivity contribution < 1.29 is 28.3 Å². The molecule has 0 radical (unpaired) electrons. The summed E-state index contributed by atoms with van der Waals surface area (Å²) in [6.07, 6.45) is 5.39. The lowest BCUT2D eigenvalue weighted by atomic mass is 10.1. The highest BCUT2D eigenvalue weighted by molar-refractivity contribution is 5.84. The predicted molar refractivity (Wildman–Crippen MR) is 154 cm³/mol. The van der Waals surface area contributed by atoms with Crippen LogP contribution in [-0.4, -0.2) is 72.0 Å². The largest absolute Gasteiger partial charge is 0.457 e. The number of hydrogen-bond acceptors (Lipinski definition) is 13. The van der Waals surface area contributed by atoms with Gasteiger partial charge in [0.2, 0.25) is 5.95 Å². The molecule has 4 aromatic heterocycles. The van der Waals surface area contributed by atoms with Crippen molar-refractivity contribution in [3.63, 3.8) is 0 Å². The van der Waals surface area contributed by atoms with Crippen LogP contribution in [0.4, 0.5) is 11.8 Å². The Hall–Kier alpha value is -4.53. The molecule has 1 aliphatic heterocycles. The molecular formula is C28H37N9O6. The fourth-order valence-electron chi connectivity index (χ4n) is 5.22. The van der Waals surface area contributed by atoms with Crippen LogP contribution in [0.3, 0.4) is 0 Å². The maximum Gasteiger partial charge on any atom is 0.293 e. The predicted octanol–water partition coefficient (Wildman–Crippen LogP) is 3.11. The fraction of sp³-hybridized carbons (Fsp3) is 0.536. The van der Waals surface area contributed by atoms with E-state index in [1.54, 1.807) is 23.3 Å². The van der Waals surface area contributed by atoms with E-state index in [2.05, 4.69) is 39.6 Å². The second-order valence-corrected chi connectivity index (χ2v) is 10.4. The van der Waals surface area contributed by atoms with Crippen LogP contribution in [0.25, 0.3) is 11.2 Å². The highest BCUT2D eigenvalue weighted by Crippen LogP contribution is 2.43. The lowest BCUT2D eigenvalue weighted by molar-refractivity contribution is -0.151. The van der Waals surface area contributed by atoms with Crippen molar-refractivity contribution in [1.29, 1.82) is 0 Å². The van der Waals surface area contributed by atoms with Crippen LogP contribution in [-0.2, 0) is 43.7 Å². The first-order chi connectivity index (χ1) is 21.0. The smallest absolute Gasteiger partial charge is 0.293 e. The number of imidazole rings is 2. The molecule has 0 spiro atoms. The number of aryl methyl sites for hydroxylation is 2. The first kappa shape index (κ1) is 29.9. The first-order valence-corrected chi connectivity index (χ1v) is 14.5. The number of fused-ring (bicyclic) bond motifs is 1. The third-order valence-corrected chi connectivity index (χ3v) is 7.42. The third-order valence-electron chi connectivity index (χ3n) is 7.42. The summed E-state index contributed by atoms with van der Waals surface area (Å²) in [6.45, 7) is 7.36. The molecule has 0 aliphatic carbocycles. The van der Waals surface area contributed by atoms with Gasteiger partial charge in [-0.15, -0.1) is 0 Å². The summed E-state index contributed by atoms with van der Waals surface area (Å²) < 4.78 is 26.3. The molecule has 15 heteroatoms. The van der Waals surface area contributed by atoms with Crippen molar-refractivity contribution in [2.75, 3.05) is 17.2 Å². The molecule has 230 valence electrons. The fourth-order valence-corrected chi connectivity index (χ4v) is 5.22. The van der Waals surface area contributed by atoms with Gasteiger partial charge in [0, 0.05) is 38.3 Å². The van der Waals surface area contributed by atoms with Gasteiger partial charge >= 0.3 is 0 Å². The number of hydrogen-bond donors (Lipinski definition) is 2. The Morgan fingerprint density at radius 1 is 1.02 bits per heavy atom. The summed E-state index contributed by atoms with van der Waals surface area (Å²) in [4.78, 5) is 41.6. The normalized spacial score (nSPS) is 20.0. The van der Waals surface area contributed by atoms with Crippen molar-refractivity contribution in [2.45, 2.75) is 83.5 Å². The number of aromatic nitrogens is 7. The van der Waals surface area contributed by atoms with Gasteiger partial charge in [-0.25, -0.2) is 9.97 Å². The van der Waals surface area contributed by atoms with Gasteiger partial charge in [0.15, 0.2) is 47.3 Å². The van der Waals surface area contributed by atoms with E-state index in [0.717, 1.165) is 30.7 Å². The number of carbonyl (C=O) groups excluding carboxylic acids is 2. The van der Waals surface area contributed by atoms with Crippen molar-refractivity contribution in [1.82, 2.24) is 34.2 Å². The van der Waals surface area contributed by atoms with E-state index in [1.807, 2.05) is 24.7 Å². The number of rotatable bonds is 16. The molecule has 5 rings (SSSR count). The Labute approximate surface area is 248 Å². The van der Waals surface area contributed by atoms with Crippen molar-refractivity contribution >= 4 is 35.9 Å². The quantitative estimate of drug-likeness (QED) is 0.181. The molecule has 1 saturated heterocycles. The molecule has 0 amide bonds. The summed E-state index contributed by atoms with van der Waals surface area (Å²) in [5.41, 5.74) is 2.62. The molecule has 4 atom stereocenters. The second kappa shape index (κ2) is 13.6. The Bertz CT molecular complexity index is 1510. The van der Waals surface area contributed by atoms with Crippen LogP contribution in [0.2, 0.25) is 0 Å². The SMILES string of the molecule is CCCc1cc([C@H]2O[C@@H](n3cnc4c(NC(CC)CC)nc(NCCc5cn(C)cn5)nc43)[C@H](OC=O)[C@@H]2OC=O)on1. The van der Waals surface area contributed by atoms with Crippen LogP contribution in [0.1, 0.15) is 69.5 Å². The zero-order valence-electron chi connectivity index (χ0n) is 24.7.